The van der Waals surface area contributed by atoms with Crippen molar-refractivity contribution in [2.24, 2.45) is 16.7 Å². The van der Waals surface area contributed by atoms with E-state index in [-0.39, 0.29) is 0 Å². The fourth-order valence-corrected chi connectivity index (χ4v) is 3.46. The van der Waals surface area contributed by atoms with Crippen molar-refractivity contribution in [3.63, 3.8) is 0 Å². The SMILES string of the molecule is CCOc1cncc(C(NC)C2C(C)(C)C2(C)C)c1. The number of hydrogen-bond acceptors (Lipinski definition) is 3. The van der Waals surface area contributed by atoms with Gasteiger partial charge in [-0.2, -0.15) is 0 Å². The predicted octanol–water partition coefficient (Wildman–Crippen LogP) is 3.42. The first kappa shape index (κ1) is 14.3. The highest BCUT2D eigenvalue weighted by Crippen LogP contribution is 2.72. The highest BCUT2D eigenvalue weighted by Gasteiger charge is 2.67. The van der Waals surface area contributed by atoms with Gasteiger partial charge in [0.1, 0.15) is 5.75 Å². The van der Waals surface area contributed by atoms with Crippen molar-refractivity contribution in [2.75, 3.05) is 13.7 Å². The van der Waals surface area contributed by atoms with E-state index in [0.717, 1.165) is 5.75 Å². The third kappa shape index (κ3) is 2.25. The summed E-state index contributed by atoms with van der Waals surface area (Å²) >= 11 is 0. The van der Waals surface area contributed by atoms with Gasteiger partial charge in [0.25, 0.3) is 0 Å². The summed E-state index contributed by atoms with van der Waals surface area (Å²) in [4.78, 5) is 4.31. The standard InChI is InChI=1S/C16H26N2O/c1-7-19-12-8-11(9-18-10-12)13(17-6)14-15(2,3)16(14,4)5/h8-10,13-14,17H,7H2,1-6H3. The van der Waals surface area contributed by atoms with E-state index in [1.165, 1.54) is 5.56 Å². The summed E-state index contributed by atoms with van der Waals surface area (Å²) in [7, 11) is 2.03. The number of pyridine rings is 1. The first-order chi connectivity index (χ1) is 8.86. The highest BCUT2D eigenvalue weighted by molar-refractivity contribution is 5.30. The summed E-state index contributed by atoms with van der Waals surface area (Å²) in [6.07, 6.45) is 3.73. The average molecular weight is 262 g/mol. The molecular formula is C16H26N2O. The van der Waals surface area contributed by atoms with Crippen molar-refractivity contribution in [3.05, 3.63) is 24.0 Å². The minimum absolute atomic E-state index is 0.331. The topological polar surface area (TPSA) is 34.1 Å². The molecule has 0 aromatic carbocycles. The van der Waals surface area contributed by atoms with Crippen LogP contribution in [0.5, 0.6) is 5.75 Å². The minimum Gasteiger partial charge on any atom is -0.492 e. The van der Waals surface area contributed by atoms with Gasteiger partial charge < -0.3 is 10.1 Å². The smallest absolute Gasteiger partial charge is 0.137 e. The number of ether oxygens (including phenoxy) is 1. The molecule has 1 N–H and O–H groups in total. The van der Waals surface area contributed by atoms with E-state index < -0.39 is 0 Å². The fraction of sp³-hybridized carbons (Fsp3) is 0.688. The maximum atomic E-state index is 5.55. The van der Waals surface area contributed by atoms with Gasteiger partial charge >= 0.3 is 0 Å². The van der Waals surface area contributed by atoms with Gasteiger partial charge in [-0.3, -0.25) is 4.98 Å². The minimum atomic E-state index is 0.331. The number of nitrogens with zero attached hydrogens (tertiary/aromatic N) is 1. The van der Waals surface area contributed by atoms with Crippen LogP contribution in [0.2, 0.25) is 0 Å². The molecule has 19 heavy (non-hydrogen) atoms. The van der Waals surface area contributed by atoms with Crippen LogP contribution in [0, 0.1) is 16.7 Å². The molecule has 0 radical (unpaired) electrons. The second kappa shape index (κ2) is 4.78. The molecule has 106 valence electrons. The zero-order chi connectivity index (χ0) is 14.3. The van der Waals surface area contributed by atoms with Crippen LogP contribution in [-0.2, 0) is 0 Å². The van der Waals surface area contributed by atoms with E-state index in [2.05, 4.69) is 44.1 Å². The van der Waals surface area contributed by atoms with Crippen LogP contribution in [0.4, 0.5) is 0 Å². The van der Waals surface area contributed by atoms with Crippen LogP contribution in [0.15, 0.2) is 18.5 Å². The van der Waals surface area contributed by atoms with Crippen LogP contribution in [0.3, 0.4) is 0 Å². The van der Waals surface area contributed by atoms with Crippen LogP contribution in [-0.4, -0.2) is 18.6 Å². The zero-order valence-electron chi connectivity index (χ0n) is 12.9. The van der Waals surface area contributed by atoms with E-state index in [4.69, 9.17) is 4.74 Å². The molecule has 0 amide bonds. The Morgan fingerprint density at radius 3 is 2.37 bits per heavy atom. The van der Waals surface area contributed by atoms with Gasteiger partial charge in [-0.25, -0.2) is 0 Å². The third-order valence-electron chi connectivity index (χ3n) is 5.18. The number of aromatic nitrogens is 1. The van der Waals surface area contributed by atoms with Gasteiger partial charge in [-0.15, -0.1) is 0 Å². The van der Waals surface area contributed by atoms with E-state index in [1.807, 2.05) is 20.2 Å². The normalized spacial score (nSPS) is 22.0. The summed E-state index contributed by atoms with van der Waals surface area (Å²) in [6.45, 7) is 12.1. The first-order valence-corrected chi connectivity index (χ1v) is 7.11. The summed E-state index contributed by atoms with van der Waals surface area (Å²) < 4.78 is 5.55. The quantitative estimate of drug-likeness (QED) is 0.883. The van der Waals surface area contributed by atoms with Crippen LogP contribution in [0.25, 0.3) is 0 Å². The first-order valence-electron chi connectivity index (χ1n) is 7.11. The molecule has 1 aromatic rings. The molecule has 1 heterocycles. The van der Waals surface area contributed by atoms with Gasteiger partial charge in [-0.05, 0) is 42.3 Å². The summed E-state index contributed by atoms with van der Waals surface area (Å²) in [6, 6.07) is 2.44. The highest BCUT2D eigenvalue weighted by atomic mass is 16.5. The Balaban J connectivity index is 2.26. The van der Waals surface area contributed by atoms with E-state index in [9.17, 15) is 0 Å². The second-order valence-corrected chi connectivity index (χ2v) is 6.57. The van der Waals surface area contributed by atoms with E-state index >= 15 is 0 Å². The lowest BCUT2D eigenvalue weighted by molar-refractivity contribution is 0.337. The molecular weight excluding hydrogens is 236 g/mol. The molecule has 3 nitrogen and oxygen atoms in total. The third-order valence-corrected chi connectivity index (χ3v) is 5.18. The van der Waals surface area contributed by atoms with Crippen LogP contribution < -0.4 is 10.1 Å². The second-order valence-electron chi connectivity index (χ2n) is 6.57. The molecule has 1 unspecified atom stereocenters. The maximum absolute atomic E-state index is 5.55. The maximum Gasteiger partial charge on any atom is 0.137 e. The molecule has 1 aliphatic rings. The van der Waals surface area contributed by atoms with E-state index in [0.29, 0.717) is 29.4 Å². The molecule has 1 saturated carbocycles. The Morgan fingerprint density at radius 1 is 1.26 bits per heavy atom. The largest absolute Gasteiger partial charge is 0.492 e. The Kier molecular flexibility index (Phi) is 3.61. The van der Waals surface area contributed by atoms with Gasteiger partial charge in [-0.1, -0.05) is 27.7 Å². The van der Waals surface area contributed by atoms with Crippen LogP contribution >= 0.6 is 0 Å². The molecule has 1 aliphatic carbocycles. The molecule has 1 fully saturated rings. The number of nitrogens with one attached hydrogen (secondary N) is 1. The summed E-state index contributed by atoms with van der Waals surface area (Å²) in [5, 5.41) is 3.47. The summed E-state index contributed by atoms with van der Waals surface area (Å²) in [5.74, 6) is 1.47. The Labute approximate surface area is 116 Å². The van der Waals surface area contributed by atoms with Crippen molar-refractivity contribution in [3.8, 4) is 5.75 Å². The van der Waals surface area contributed by atoms with Crippen molar-refractivity contribution in [1.29, 1.82) is 0 Å². The average Bonchev–Trinajstić information content (AvgIpc) is 2.74. The van der Waals surface area contributed by atoms with Gasteiger partial charge in [0.15, 0.2) is 0 Å². The lowest BCUT2D eigenvalue weighted by Crippen LogP contribution is -2.21. The molecule has 0 bridgehead atoms. The predicted molar refractivity (Wildman–Crippen MR) is 78.3 cm³/mol. The Morgan fingerprint density at radius 2 is 1.89 bits per heavy atom. The molecule has 2 rings (SSSR count). The van der Waals surface area contributed by atoms with Crippen molar-refractivity contribution >= 4 is 0 Å². The molecule has 1 aromatic heterocycles. The number of rotatable bonds is 5. The van der Waals surface area contributed by atoms with Crippen molar-refractivity contribution in [2.45, 2.75) is 40.7 Å². The molecule has 1 atom stereocenters. The monoisotopic (exact) mass is 262 g/mol. The Hall–Kier alpha value is -1.09. The fourth-order valence-electron chi connectivity index (χ4n) is 3.46. The van der Waals surface area contributed by atoms with Crippen molar-refractivity contribution < 1.29 is 4.74 Å². The molecule has 0 aliphatic heterocycles. The zero-order valence-corrected chi connectivity index (χ0v) is 12.9. The molecule has 0 spiro atoms. The number of hydrogen-bond donors (Lipinski definition) is 1. The van der Waals surface area contributed by atoms with E-state index in [1.54, 1.807) is 6.20 Å². The van der Waals surface area contributed by atoms with Gasteiger partial charge in [0.05, 0.1) is 12.8 Å². The summed E-state index contributed by atoms with van der Waals surface area (Å²) in [5.41, 5.74) is 1.92. The molecule has 0 saturated heterocycles. The van der Waals surface area contributed by atoms with Gasteiger partial charge in [0, 0.05) is 12.2 Å². The lowest BCUT2D eigenvalue weighted by atomic mass is 9.98. The van der Waals surface area contributed by atoms with Crippen LogP contribution in [0.1, 0.15) is 46.2 Å². The van der Waals surface area contributed by atoms with Gasteiger partial charge in [0.2, 0.25) is 0 Å². The Bertz CT molecular complexity index is 440. The molecule has 3 heteroatoms. The lowest BCUT2D eigenvalue weighted by Gasteiger charge is -2.19. The van der Waals surface area contributed by atoms with Crippen molar-refractivity contribution in [1.82, 2.24) is 10.3 Å².